The normalized spacial score (nSPS) is 15.7. The third-order valence-electron chi connectivity index (χ3n) is 4.23. The molecule has 1 amide bonds. The van der Waals surface area contributed by atoms with Gasteiger partial charge in [0.25, 0.3) is 0 Å². The molecule has 1 aromatic rings. The van der Waals surface area contributed by atoms with Crippen LogP contribution in [0.1, 0.15) is 32.6 Å². The van der Waals surface area contributed by atoms with Gasteiger partial charge in [-0.15, -0.1) is 0 Å². The lowest BCUT2D eigenvalue weighted by atomic mass is 9.93. The van der Waals surface area contributed by atoms with Gasteiger partial charge in [0.2, 0.25) is 5.91 Å². The minimum absolute atomic E-state index is 0.223. The van der Waals surface area contributed by atoms with Crippen molar-refractivity contribution in [1.82, 2.24) is 5.32 Å². The van der Waals surface area contributed by atoms with Gasteiger partial charge in [0.15, 0.2) is 0 Å². The van der Waals surface area contributed by atoms with E-state index >= 15 is 0 Å². The molecular formula is C17H26N2O2. The minimum Gasteiger partial charge on any atom is -0.497 e. The Balaban J connectivity index is 1.90. The van der Waals surface area contributed by atoms with E-state index in [1.54, 1.807) is 7.11 Å². The summed E-state index contributed by atoms with van der Waals surface area (Å²) in [6.07, 6.45) is 4.04. The van der Waals surface area contributed by atoms with Gasteiger partial charge in [-0.3, -0.25) is 4.79 Å². The standard InChI is InChI=1S/C17H26N2O2/c1-3-19(15-5-7-16(21-2)8-6-15)17(20)9-4-14-10-12-18-13-11-14/h5-8,14,18H,3-4,9-13H2,1-2H3. The first kappa shape index (κ1) is 15.8. The summed E-state index contributed by atoms with van der Waals surface area (Å²) in [5.74, 6) is 1.74. The van der Waals surface area contributed by atoms with Gasteiger partial charge >= 0.3 is 0 Å². The fourth-order valence-electron chi connectivity index (χ4n) is 2.90. The van der Waals surface area contributed by atoms with Gasteiger partial charge in [-0.25, -0.2) is 0 Å². The molecule has 0 atom stereocenters. The molecule has 21 heavy (non-hydrogen) atoms. The summed E-state index contributed by atoms with van der Waals surface area (Å²) in [6.45, 7) is 4.91. The van der Waals surface area contributed by atoms with Crippen LogP contribution < -0.4 is 15.0 Å². The fraction of sp³-hybridized carbons (Fsp3) is 0.588. The zero-order chi connectivity index (χ0) is 15.1. The SMILES string of the molecule is CCN(C(=O)CCC1CCNCC1)c1ccc(OC)cc1. The van der Waals surface area contributed by atoms with Crippen LogP contribution in [0.5, 0.6) is 5.75 Å². The molecule has 1 fully saturated rings. The molecule has 4 nitrogen and oxygen atoms in total. The van der Waals surface area contributed by atoms with Gasteiger partial charge in [0, 0.05) is 18.7 Å². The minimum atomic E-state index is 0.223. The summed E-state index contributed by atoms with van der Waals surface area (Å²) < 4.78 is 5.16. The molecule has 0 saturated carbocycles. The molecule has 0 unspecified atom stereocenters. The van der Waals surface area contributed by atoms with E-state index in [0.717, 1.165) is 30.9 Å². The quantitative estimate of drug-likeness (QED) is 0.876. The monoisotopic (exact) mass is 290 g/mol. The molecule has 2 rings (SSSR count). The molecule has 1 aliphatic rings. The highest BCUT2D eigenvalue weighted by Gasteiger charge is 2.18. The van der Waals surface area contributed by atoms with Crippen molar-refractivity contribution in [3.05, 3.63) is 24.3 Å². The third kappa shape index (κ3) is 4.46. The number of carbonyl (C=O) groups is 1. The van der Waals surface area contributed by atoms with E-state index in [2.05, 4.69) is 5.32 Å². The second kappa shape index (κ2) is 8.03. The zero-order valence-corrected chi connectivity index (χ0v) is 13.1. The van der Waals surface area contributed by atoms with E-state index in [1.807, 2.05) is 36.1 Å². The second-order valence-corrected chi connectivity index (χ2v) is 5.57. The van der Waals surface area contributed by atoms with Crippen molar-refractivity contribution in [1.29, 1.82) is 0 Å². The smallest absolute Gasteiger partial charge is 0.226 e. The van der Waals surface area contributed by atoms with Crippen LogP contribution in [0.25, 0.3) is 0 Å². The molecule has 0 aromatic heterocycles. The number of methoxy groups -OCH3 is 1. The number of ether oxygens (including phenoxy) is 1. The Bertz CT molecular complexity index is 439. The van der Waals surface area contributed by atoms with E-state index in [9.17, 15) is 4.79 Å². The Morgan fingerprint density at radius 1 is 1.29 bits per heavy atom. The molecule has 4 heteroatoms. The average molecular weight is 290 g/mol. The Hall–Kier alpha value is -1.55. The zero-order valence-electron chi connectivity index (χ0n) is 13.1. The summed E-state index contributed by atoms with van der Waals surface area (Å²) in [7, 11) is 1.65. The van der Waals surface area contributed by atoms with Gasteiger partial charge in [0.05, 0.1) is 7.11 Å². The summed E-state index contributed by atoms with van der Waals surface area (Å²) in [6, 6.07) is 7.70. The summed E-state index contributed by atoms with van der Waals surface area (Å²) in [5, 5.41) is 3.37. The molecular weight excluding hydrogens is 264 g/mol. The van der Waals surface area contributed by atoms with Crippen LogP contribution in [0, 0.1) is 5.92 Å². The number of hydrogen-bond acceptors (Lipinski definition) is 3. The number of anilines is 1. The van der Waals surface area contributed by atoms with Crippen LogP contribution in [0.2, 0.25) is 0 Å². The molecule has 1 heterocycles. The fourth-order valence-corrected chi connectivity index (χ4v) is 2.90. The van der Waals surface area contributed by atoms with E-state index < -0.39 is 0 Å². The maximum atomic E-state index is 12.5. The lowest BCUT2D eigenvalue weighted by molar-refractivity contribution is -0.118. The number of amides is 1. The maximum Gasteiger partial charge on any atom is 0.226 e. The van der Waals surface area contributed by atoms with E-state index in [0.29, 0.717) is 18.9 Å². The molecule has 0 radical (unpaired) electrons. The van der Waals surface area contributed by atoms with Crippen molar-refractivity contribution in [2.75, 3.05) is 31.6 Å². The van der Waals surface area contributed by atoms with Crippen molar-refractivity contribution >= 4 is 11.6 Å². The number of rotatable bonds is 6. The lowest BCUT2D eigenvalue weighted by Crippen LogP contribution is -2.32. The van der Waals surface area contributed by atoms with Crippen LogP contribution in [-0.4, -0.2) is 32.7 Å². The van der Waals surface area contributed by atoms with Gasteiger partial charge < -0.3 is 15.0 Å². The summed E-state index contributed by atoms with van der Waals surface area (Å²) >= 11 is 0. The van der Waals surface area contributed by atoms with E-state index in [-0.39, 0.29) is 5.91 Å². The van der Waals surface area contributed by atoms with E-state index in [1.165, 1.54) is 12.8 Å². The van der Waals surface area contributed by atoms with Gasteiger partial charge in [0.1, 0.15) is 5.75 Å². The number of nitrogens with one attached hydrogen (secondary N) is 1. The molecule has 0 aliphatic carbocycles. The van der Waals surface area contributed by atoms with Crippen LogP contribution in [-0.2, 0) is 4.79 Å². The topological polar surface area (TPSA) is 41.6 Å². The van der Waals surface area contributed by atoms with Crippen LogP contribution >= 0.6 is 0 Å². The third-order valence-corrected chi connectivity index (χ3v) is 4.23. The molecule has 1 saturated heterocycles. The largest absolute Gasteiger partial charge is 0.497 e. The molecule has 116 valence electrons. The Kier molecular flexibility index (Phi) is 6.05. The van der Waals surface area contributed by atoms with Crippen LogP contribution in [0.15, 0.2) is 24.3 Å². The van der Waals surface area contributed by atoms with Crippen molar-refractivity contribution in [3.63, 3.8) is 0 Å². The predicted molar refractivity (Wildman–Crippen MR) is 85.8 cm³/mol. The van der Waals surface area contributed by atoms with Crippen LogP contribution in [0.4, 0.5) is 5.69 Å². The Morgan fingerprint density at radius 2 is 1.95 bits per heavy atom. The number of piperidine rings is 1. The average Bonchev–Trinajstić information content (AvgIpc) is 2.55. The van der Waals surface area contributed by atoms with Crippen molar-refractivity contribution in [3.8, 4) is 5.75 Å². The number of nitrogens with zero attached hydrogens (tertiary/aromatic N) is 1. The molecule has 1 aromatic carbocycles. The molecule has 1 aliphatic heterocycles. The van der Waals surface area contributed by atoms with Crippen molar-refractivity contribution in [2.24, 2.45) is 5.92 Å². The van der Waals surface area contributed by atoms with E-state index in [4.69, 9.17) is 4.74 Å². The summed E-state index contributed by atoms with van der Waals surface area (Å²) in [5.41, 5.74) is 0.952. The first-order valence-corrected chi connectivity index (χ1v) is 7.89. The highest BCUT2D eigenvalue weighted by Crippen LogP contribution is 2.22. The first-order chi connectivity index (χ1) is 10.2. The van der Waals surface area contributed by atoms with Gasteiger partial charge in [-0.2, -0.15) is 0 Å². The van der Waals surface area contributed by atoms with Crippen molar-refractivity contribution in [2.45, 2.75) is 32.6 Å². The molecule has 1 N–H and O–H groups in total. The lowest BCUT2D eigenvalue weighted by Gasteiger charge is -2.25. The first-order valence-electron chi connectivity index (χ1n) is 7.89. The Labute approximate surface area is 127 Å². The van der Waals surface area contributed by atoms with Crippen LogP contribution in [0.3, 0.4) is 0 Å². The Morgan fingerprint density at radius 3 is 2.52 bits per heavy atom. The van der Waals surface area contributed by atoms with Gasteiger partial charge in [-0.1, -0.05) is 0 Å². The predicted octanol–water partition coefficient (Wildman–Crippen LogP) is 2.83. The highest BCUT2D eigenvalue weighted by molar-refractivity contribution is 5.93. The number of benzene rings is 1. The molecule has 0 bridgehead atoms. The summed E-state index contributed by atoms with van der Waals surface area (Å²) in [4.78, 5) is 14.3. The second-order valence-electron chi connectivity index (χ2n) is 5.57. The number of carbonyl (C=O) groups excluding carboxylic acids is 1. The maximum absolute atomic E-state index is 12.5. The molecule has 0 spiro atoms. The van der Waals surface area contributed by atoms with Gasteiger partial charge in [-0.05, 0) is 69.5 Å². The van der Waals surface area contributed by atoms with Crippen molar-refractivity contribution < 1.29 is 9.53 Å². The highest BCUT2D eigenvalue weighted by atomic mass is 16.5. The number of hydrogen-bond donors (Lipinski definition) is 1.